The van der Waals surface area contributed by atoms with Crippen molar-refractivity contribution in [1.29, 1.82) is 0 Å². The van der Waals surface area contributed by atoms with Gasteiger partial charge >= 0.3 is 0 Å². The maximum Gasteiger partial charge on any atom is 0.242 e. The molecular weight excluding hydrogens is 348 g/mol. The van der Waals surface area contributed by atoms with E-state index in [1.165, 1.54) is 6.07 Å². The van der Waals surface area contributed by atoms with Crippen LogP contribution in [0.4, 0.5) is 5.69 Å². The zero-order chi connectivity index (χ0) is 14.0. The lowest BCUT2D eigenvalue weighted by Crippen LogP contribution is -2.24. The van der Waals surface area contributed by atoms with Gasteiger partial charge in [0, 0.05) is 11.0 Å². The van der Waals surface area contributed by atoms with E-state index in [0.717, 1.165) is 15.6 Å². The molecule has 0 saturated carbocycles. The quantitative estimate of drug-likeness (QED) is 0.823. The molecule has 19 heavy (non-hydrogen) atoms. The molecule has 0 saturated heterocycles. The van der Waals surface area contributed by atoms with Crippen LogP contribution in [0, 0.1) is 6.92 Å². The summed E-state index contributed by atoms with van der Waals surface area (Å²) < 4.78 is 27.6. The minimum Gasteiger partial charge on any atom is -0.398 e. The van der Waals surface area contributed by atoms with Crippen molar-refractivity contribution in [2.45, 2.75) is 18.4 Å². The van der Waals surface area contributed by atoms with Crippen LogP contribution in [0.5, 0.6) is 0 Å². The van der Waals surface area contributed by atoms with E-state index in [4.69, 9.17) is 5.73 Å². The van der Waals surface area contributed by atoms with E-state index >= 15 is 0 Å². The van der Waals surface area contributed by atoms with Crippen LogP contribution in [0.15, 0.2) is 38.3 Å². The second-order valence-electron chi connectivity index (χ2n) is 4.09. The van der Waals surface area contributed by atoms with Gasteiger partial charge in [-0.25, -0.2) is 13.1 Å². The third-order valence-electron chi connectivity index (χ3n) is 2.68. The Bertz CT molecular complexity index is 696. The lowest BCUT2D eigenvalue weighted by molar-refractivity contribution is 0.581. The number of hydrogen-bond donors (Lipinski definition) is 2. The van der Waals surface area contributed by atoms with Crippen molar-refractivity contribution >= 4 is 43.0 Å². The van der Waals surface area contributed by atoms with Crippen molar-refractivity contribution in [2.24, 2.45) is 0 Å². The maximum atomic E-state index is 12.2. The Balaban J connectivity index is 2.21. The first-order chi connectivity index (χ1) is 8.90. The molecule has 2 aromatic rings. The minimum atomic E-state index is -3.59. The van der Waals surface area contributed by atoms with Crippen molar-refractivity contribution in [2.75, 3.05) is 5.73 Å². The van der Waals surface area contributed by atoms with Gasteiger partial charge in [-0.1, -0.05) is 15.9 Å². The van der Waals surface area contributed by atoms with Crippen LogP contribution in [0.25, 0.3) is 0 Å². The van der Waals surface area contributed by atoms with Crippen molar-refractivity contribution < 1.29 is 8.42 Å². The molecule has 1 aromatic heterocycles. The summed E-state index contributed by atoms with van der Waals surface area (Å²) >= 11 is 4.80. The molecule has 7 heteroatoms. The number of rotatable bonds is 4. The minimum absolute atomic E-state index is 0.101. The van der Waals surface area contributed by atoms with Crippen LogP contribution in [-0.2, 0) is 16.6 Å². The predicted molar refractivity (Wildman–Crippen MR) is 81.6 cm³/mol. The van der Waals surface area contributed by atoms with Crippen molar-refractivity contribution in [1.82, 2.24) is 4.72 Å². The first kappa shape index (κ1) is 14.5. The predicted octanol–water partition coefficient (Wildman–Crippen LogP) is 2.88. The molecule has 0 unspecified atom stereocenters. The molecule has 0 bridgehead atoms. The zero-order valence-corrected chi connectivity index (χ0v) is 13.4. The summed E-state index contributed by atoms with van der Waals surface area (Å²) in [5.41, 5.74) is 8.02. The highest BCUT2D eigenvalue weighted by Crippen LogP contribution is 2.23. The van der Waals surface area contributed by atoms with E-state index < -0.39 is 10.0 Å². The largest absolute Gasteiger partial charge is 0.398 e. The Morgan fingerprint density at radius 1 is 1.37 bits per heavy atom. The number of nitrogens with one attached hydrogen (secondary N) is 1. The molecular formula is C12H13BrN2O2S2. The number of nitrogens with two attached hydrogens (primary N) is 1. The Labute approximate surface area is 124 Å². The molecule has 2 rings (SSSR count). The van der Waals surface area contributed by atoms with Gasteiger partial charge in [-0.2, -0.15) is 11.3 Å². The summed E-state index contributed by atoms with van der Waals surface area (Å²) in [5.74, 6) is 0. The smallest absolute Gasteiger partial charge is 0.242 e. The molecule has 0 aliphatic heterocycles. The van der Waals surface area contributed by atoms with Crippen molar-refractivity contribution in [3.05, 3.63) is 44.6 Å². The van der Waals surface area contributed by atoms with Crippen LogP contribution in [-0.4, -0.2) is 8.42 Å². The number of sulfonamides is 1. The van der Waals surface area contributed by atoms with Crippen molar-refractivity contribution in [3.8, 4) is 0 Å². The van der Waals surface area contributed by atoms with Gasteiger partial charge in [0.1, 0.15) is 4.90 Å². The molecule has 0 atom stereocenters. The van der Waals surface area contributed by atoms with E-state index in [0.29, 0.717) is 0 Å². The highest BCUT2D eigenvalue weighted by molar-refractivity contribution is 9.10. The average Bonchev–Trinajstić information content (AvgIpc) is 2.72. The standard InChI is InChI=1S/C12H13BrN2O2S2/c1-8-6-18-7-9(8)5-15-19(16,17)12-3-2-10(13)4-11(12)14/h2-4,6-7,15H,5,14H2,1H3. The van der Waals surface area contributed by atoms with E-state index in [2.05, 4.69) is 20.7 Å². The van der Waals surface area contributed by atoms with Crippen LogP contribution >= 0.6 is 27.3 Å². The van der Waals surface area contributed by atoms with E-state index in [1.807, 2.05) is 17.7 Å². The molecule has 0 aliphatic carbocycles. The molecule has 1 heterocycles. The summed E-state index contributed by atoms with van der Waals surface area (Å²) in [4.78, 5) is 0.101. The van der Waals surface area contributed by atoms with Gasteiger partial charge in [0.05, 0.1) is 5.69 Å². The average molecular weight is 361 g/mol. The molecule has 3 N–H and O–H groups in total. The van der Waals surface area contributed by atoms with Crippen LogP contribution in [0.1, 0.15) is 11.1 Å². The first-order valence-corrected chi connectivity index (χ1v) is 8.68. The molecule has 0 radical (unpaired) electrons. The third-order valence-corrected chi connectivity index (χ3v) is 5.55. The molecule has 1 aromatic carbocycles. The topological polar surface area (TPSA) is 72.2 Å². The summed E-state index contributed by atoms with van der Waals surface area (Å²) in [6, 6.07) is 4.72. The number of hydrogen-bond acceptors (Lipinski definition) is 4. The van der Waals surface area contributed by atoms with Gasteiger partial charge in [-0.3, -0.25) is 0 Å². The van der Waals surface area contributed by atoms with Gasteiger partial charge in [0.2, 0.25) is 10.0 Å². The normalized spacial score (nSPS) is 11.7. The number of halogens is 1. The number of anilines is 1. The first-order valence-electron chi connectivity index (χ1n) is 5.46. The number of aryl methyl sites for hydroxylation is 1. The summed E-state index contributed by atoms with van der Waals surface area (Å²) in [7, 11) is -3.59. The van der Waals surface area contributed by atoms with Crippen LogP contribution in [0.3, 0.4) is 0 Å². The van der Waals surface area contributed by atoms with Crippen LogP contribution in [0.2, 0.25) is 0 Å². The van der Waals surface area contributed by atoms with Crippen molar-refractivity contribution in [3.63, 3.8) is 0 Å². The number of thiophene rings is 1. The van der Waals surface area contributed by atoms with E-state index in [-0.39, 0.29) is 17.1 Å². The Morgan fingerprint density at radius 3 is 2.68 bits per heavy atom. The molecule has 0 amide bonds. The fourth-order valence-electron chi connectivity index (χ4n) is 1.58. The SMILES string of the molecule is Cc1cscc1CNS(=O)(=O)c1ccc(Br)cc1N. The van der Waals surface area contributed by atoms with Gasteiger partial charge in [-0.15, -0.1) is 0 Å². The molecule has 102 valence electrons. The fourth-order valence-corrected chi connectivity index (χ4v) is 3.94. The third kappa shape index (κ3) is 3.36. The fraction of sp³-hybridized carbons (Fsp3) is 0.167. The summed E-state index contributed by atoms with van der Waals surface area (Å²) in [5, 5.41) is 3.92. The second-order valence-corrected chi connectivity index (χ2v) is 7.48. The Kier molecular flexibility index (Phi) is 4.29. The molecule has 0 fully saturated rings. The Hall–Kier alpha value is -0.890. The number of benzene rings is 1. The lowest BCUT2D eigenvalue weighted by Gasteiger charge is -2.09. The second kappa shape index (κ2) is 5.62. The van der Waals surface area contributed by atoms with Gasteiger partial charge in [0.25, 0.3) is 0 Å². The monoisotopic (exact) mass is 360 g/mol. The molecule has 0 aliphatic rings. The van der Waals surface area contributed by atoms with Crippen LogP contribution < -0.4 is 10.5 Å². The summed E-state index contributed by atoms with van der Waals surface area (Å²) in [6.07, 6.45) is 0. The summed E-state index contributed by atoms with van der Waals surface area (Å²) in [6.45, 7) is 2.22. The van der Waals surface area contributed by atoms with E-state index in [9.17, 15) is 8.42 Å². The van der Waals surface area contributed by atoms with Gasteiger partial charge < -0.3 is 5.73 Å². The molecule has 0 spiro atoms. The number of nitrogen functional groups attached to an aromatic ring is 1. The highest BCUT2D eigenvalue weighted by atomic mass is 79.9. The molecule has 4 nitrogen and oxygen atoms in total. The van der Waals surface area contributed by atoms with Gasteiger partial charge in [-0.05, 0) is 47.0 Å². The lowest BCUT2D eigenvalue weighted by atomic mass is 10.2. The Morgan fingerprint density at radius 2 is 2.11 bits per heavy atom. The highest BCUT2D eigenvalue weighted by Gasteiger charge is 2.17. The van der Waals surface area contributed by atoms with Gasteiger partial charge in [0.15, 0.2) is 0 Å². The maximum absolute atomic E-state index is 12.2. The zero-order valence-electron chi connectivity index (χ0n) is 10.2. The van der Waals surface area contributed by atoms with E-state index in [1.54, 1.807) is 23.5 Å².